The van der Waals surface area contributed by atoms with Crippen molar-refractivity contribution >= 4 is 21.7 Å². The van der Waals surface area contributed by atoms with Crippen molar-refractivity contribution in [1.82, 2.24) is 9.62 Å². The van der Waals surface area contributed by atoms with Gasteiger partial charge in [0.05, 0.1) is 16.2 Å². The van der Waals surface area contributed by atoms with Crippen LogP contribution in [0.25, 0.3) is 0 Å². The Morgan fingerprint density at radius 1 is 1.50 bits per heavy atom. The van der Waals surface area contributed by atoms with Gasteiger partial charge in [0, 0.05) is 19.2 Å². The normalized spacial score (nSPS) is 25.1. The number of hydrogen-bond acceptors (Lipinski definition) is 5. The van der Waals surface area contributed by atoms with Gasteiger partial charge >= 0.3 is 0 Å². The maximum absolute atomic E-state index is 12.0. The molecule has 1 aromatic rings. The van der Waals surface area contributed by atoms with E-state index >= 15 is 0 Å². The van der Waals surface area contributed by atoms with E-state index in [1.807, 2.05) is 0 Å². The highest BCUT2D eigenvalue weighted by Gasteiger charge is 2.42. The number of nitrogens with zero attached hydrogens (tertiary/aromatic N) is 2. The van der Waals surface area contributed by atoms with Gasteiger partial charge in [-0.3, -0.25) is 15.5 Å². The summed E-state index contributed by atoms with van der Waals surface area (Å²) < 4.78 is 24.9. The highest BCUT2D eigenvalue weighted by atomic mass is 32.2. The molecule has 1 aliphatic rings. The Morgan fingerprint density at radius 3 is 2.70 bits per heavy atom. The molecule has 1 heterocycles. The average Bonchev–Trinajstić information content (AvgIpc) is 2.35. The highest BCUT2D eigenvalue weighted by Crippen LogP contribution is 2.29. The van der Waals surface area contributed by atoms with Gasteiger partial charge in [-0.25, -0.2) is 12.7 Å². The molecule has 0 bridgehead atoms. The molecule has 0 spiro atoms. The van der Waals surface area contributed by atoms with Crippen LogP contribution in [0.2, 0.25) is 0 Å². The van der Waals surface area contributed by atoms with Crippen molar-refractivity contribution in [3.63, 3.8) is 0 Å². The van der Waals surface area contributed by atoms with Gasteiger partial charge in [0.25, 0.3) is 5.69 Å². The van der Waals surface area contributed by atoms with Crippen LogP contribution < -0.4 is 5.32 Å². The van der Waals surface area contributed by atoms with E-state index in [1.165, 1.54) is 25.2 Å². The van der Waals surface area contributed by atoms with E-state index < -0.39 is 20.5 Å². The lowest BCUT2D eigenvalue weighted by atomic mass is 9.93. The van der Waals surface area contributed by atoms with Crippen LogP contribution >= 0.6 is 0 Å². The molecule has 108 valence electrons. The van der Waals surface area contributed by atoms with E-state index in [2.05, 4.69) is 5.32 Å². The third-order valence-electron chi connectivity index (χ3n) is 3.29. The predicted molar refractivity (Wildman–Crippen MR) is 72.9 cm³/mol. The number of nitro groups is 1. The second kappa shape index (κ2) is 4.44. The fourth-order valence-corrected chi connectivity index (χ4v) is 3.58. The molecule has 20 heavy (non-hydrogen) atoms. The molecule has 8 nitrogen and oxygen atoms in total. The fraction of sp³-hybridized carbons (Fsp3) is 0.364. The summed E-state index contributed by atoms with van der Waals surface area (Å²) in [6, 6.07) is 5.76. The minimum Gasteiger partial charge on any atom is -0.345 e. The van der Waals surface area contributed by atoms with Crippen molar-refractivity contribution in [3.8, 4) is 0 Å². The Hall–Kier alpha value is -2.16. The molecule has 1 aromatic carbocycles. The number of sulfonamides is 1. The second-order valence-corrected chi connectivity index (χ2v) is 6.84. The lowest BCUT2D eigenvalue weighted by Gasteiger charge is -2.40. The third kappa shape index (κ3) is 2.31. The Bertz CT molecular complexity index is 687. The number of non-ortho nitro benzene ring substituents is 1. The Balaban J connectivity index is 2.48. The van der Waals surface area contributed by atoms with Gasteiger partial charge in [-0.1, -0.05) is 12.1 Å². The van der Waals surface area contributed by atoms with Crippen LogP contribution in [0, 0.1) is 15.5 Å². The molecule has 0 radical (unpaired) electrons. The molecule has 9 heteroatoms. The van der Waals surface area contributed by atoms with Crippen LogP contribution in [-0.2, 0) is 15.6 Å². The lowest BCUT2D eigenvalue weighted by Crippen LogP contribution is -2.60. The molecule has 1 unspecified atom stereocenters. The standard InChI is InChI=1S/C11H14N4O4S/c1-11(7-20(18,19)14(2)10(12)13-11)8-4-3-5-9(6-8)15(16)17/h3-6H,7H2,1-2H3,(H2,12,13). The zero-order chi connectivity index (χ0) is 15.1. The summed E-state index contributed by atoms with van der Waals surface area (Å²) in [7, 11) is -2.33. The summed E-state index contributed by atoms with van der Waals surface area (Å²) in [5, 5.41) is 21.3. The summed E-state index contributed by atoms with van der Waals surface area (Å²) >= 11 is 0. The number of hydrogen-bond donors (Lipinski definition) is 2. The van der Waals surface area contributed by atoms with Gasteiger partial charge in [0.2, 0.25) is 16.0 Å². The van der Waals surface area contributed by atoms with Gasteiger partial charge < -0.3 is 5.32 Å². The first-order chi connectivity index (χ1) is 9.16. The largest absolute Gasteiger partial charge is 0.345 e. The minimum atomic E-state index is -3.62. The van der Waals surface area contributed by atoms with Gasteiger partial charge in [0.1, 0.15) is 0 Å². The monoisotopic (exact) mass is 298 g/mol. The van der Waals surface area contributed by atoms with E-state index in [9.17, 15) is 18.5 Å². The summed E-state index contributed by atoms with van der Waals surface area (Å²) in [5.74, 6) is -0.537. The molecule has 1 fully saturated rings. The first kappa shape index (κ1) is 14.3. The Kier molecular flexibility index (Phi) is 3.17. The summed E-state index contributed by atoms with van der Waals surface area (Å²) in [6.07, 6.45) is 0. The summed E-state index contributed by atoms with van der Waals surface area (Å²) in [6.45, 7) is 1.60. The second-order valence-electron chi connectivity index (χ2n) is 4.84. The van der Waals surface area contributed by atoms with Gasteiger partial charge in [-0.15, -0.1) is 0 Å². The van der Waals surface area contributed by atoms with E-state index in [4.69, 9.17) is 5.41 Å². The van der Waals surface area contributed by atoms with Crippen LogP contribution in [0.15, 0.2) is 24.3 Å². The van der Waals surface area contributed by atoms with Gasteiger partial charge in [-0.2, -0.15) is 0 Å². The van der Waals surface area contributed by atoms with Crippen LogP contribution in [0.4, 0.5) is 5.69 Å². The average molecular weight is 298 g/mol. The molecule has 2 rings (SSSR count). The smallest absolute Gasteiger partial charge is 0.269 e. The van der Waals surface area contributed by atoms with Crippen molar-refractivity contribution in [2.45, 2.75) is 12.5 Å². The van der Waals surface area contributed by atoms with Gasteiger partial charge in [-0.05, 0) is 12.5 Å². The summed E-state index contributed by atoms with van der Waals surface area (Å²) in [5.41, 5.74) is -0.740. The Morgan fingerprint density at radius 2 is 2.15 bits per heavy atom. The first-order valence-corrected chi connectivity index (χ1v) is 7.35. The predicted octanol–water partition coefficient (Wildman–Crippen LogP) is 0.610. The SMILES string of the molecule is CN1C(=N)NC(C)(c2cccc([N+](=O)[O-])c2)CS1(=O)=O. The Labute approximate surface area is 116 Å². The number of nitrogens with one attached hydrogen (secondary N) is 2. The van der Waals surface area contributed by atoms with Crippen molar-refractivity contribution in [2.75, 3.05) is 12.8 Å². The first-order valence-electron chi connectivity index (χ1n) is 5.74. The van der Waals surface area contributed by atoms with Crippen molar-refractivity contribution in [1.29, 1.82) is 5.41 Å². The highest BCUT2D eigenvalue weighted by molar-refractivity contribution is 7.89. The van der Waals surface area contributed by atoms with E-state index in [-0.39, 0.29) is 17.4 Å². The molecule has 0 saturated carbocycles. The van der Waals surface area contributed by atoms with Crippen LogP contribution in [-0.4, -0.2) is 36.4 Å². The summed E-state index contributed by atoms with van der Waals surface area (Å²) in [4.78, 5) is 10.3. The molecule has 2 N–H and O–H groups in total. The number of guanidine groups is 1. The number of benzene rings is 1. The van der Waals surface area contributed by atoms with E-state index in [0.29, 0.717) is 5.56 Å². The quantitative estimate of drug-likeness (QED) is 0.613. The molecule has 1 atom stereocenters. The van der Waals surface area contributed by atoms with E-state index in [1.54, 1.807) is 13.0 Å². The third-order valence-corrected chi connectivity index (χ3v) is 5.25. The molecular weight excluding hydrogens is 284 g/mol. The van der Waals surface area contributed by atoms with Crippen LogP contribution in [0.1, 0.15) is 12.5 Å². The fourth-order valence-electron chi connectivity index (χ4n) is 2.10. The maximum atomic E-state index is 12.0. The van der Waals surface area contributed by atoms with Crippen molar-refractivity contribution in [2.24, 2.45) is 0 Å². The van der Waals surface area contributed by atoms with E-state index in [0.717, 1.165) is 4.31 Å². The topological polar surface area (TPSA) is 116 Å². The number of nitro benzene ring substituents is 1. The molecule has 1 saturated heterocycles. The number of rotatable bonds is 2. The minimum absolute atomic E-state index is 0.117. The molecule has 0 aromatic heterocycles. The zero-order valence-electron chi connectivity index (χ0n) is 11.0. The van der Waals surface area contributed by atoms with Crippen LogP contribution in [0.3, 0.4) is 0 Å². The molecule has 0 aliphatic carbocycles. The molecular formula is C11H14N4O4S. The van der Waals surface area contributed by atoms with Crippen LogP contribution in [0.5, 0.6) is 0 Å². The van der Waals surface area contributed by atoms with Crippen molar-refractivity contribution in [3.05, 3.63) is 39.9 Å². The maximum Gasteiger partial charge on any atom is 0.269 e. The van der Waals surface area contributed by atoms with Gasteiger partial charge in [0.15, 0.2) is 0 Å². The molecule has 1 aliphatic heterocycles. The van der Waals surface area contributed by atoms with Crippen molar-refractivity contribution < 1.29 is 13.3 Å². The lowest BCUT2D eigenvalue weighted by molar-refractivity contribution is -0.385. The zero-order valence-corrected chi connectivity index (χ0v) is 11.8. The molecule has 0 amide bonds.